The van der Waals surface area contributed by atoms with Gasteiger partial charge in [-0.15, -0.1) is 0 Å². The summed E-state index contributed by atoms with van der Waals surface area (Å²) in [5.74, 6) is -0.409. The van der Waals surface area contributed by atoms with Crippen LogP contribution in [0.4, 0.5) is 0 Å². The van der Waals surface area contributed by atoms with Gasteiger partial charge in [-0.25, -0.2) is 8.42 Å². The fourth-order valence-corrected chi connectivity index (χ4v) is 4.70. The Hall–Kier alpha value is -1.77. The number of aromatic nitrogens is 1. The predicted molar refractivity (Wildman–Crippen MR) is 97.9 cm³/mol. The SMILES string of the molecule is Cn1c(=NC(=O)c2ccc(S(C)(=O)=O)cc2)sc2cccc(Br)c21. The van der Waals surface area contributed by atoms with Gasteiger partial charge in [0.05, 0.1) is 15.1 Å². The molecular weight excluding hydrogens is 412 g/mol. The number of halogens is 1. The number of amides is 1. The van der Waals surface area contributed by atoms with Crippen LogP contribution in [0.5, 0.6) is 0 Å². The lowest BCUT2D eigenvalue weighted by molar-refractivity contribution is 0.0998. The van der Waals surface area contributed by atoms with Crippen LogP contribution in [0.3, 0.4) is 0 Å². The maximum absolute atomic E-state index is 12.4. The predicted octanol–water partition coefficient (Wildman–Crippen LogP) is 3.15. The van der Waals surface area contributed by atoms with Gasteiger partial charge in [0.25, 0.3) is 5.91 Å². The number of hydrogen-bond donors (Lipinski definition) is 0. The van der Waals surface area contributed by atoms with E-state index in [4.69, 9.17) is 0 Å². The minimum atomic E-state index is -3.28. The number of carbonyl (C=O) groups excluding carboxylic acids is 1. The van der Waals surface area contributed by atoms with Crippen LogP contribution < -0.4 is 4.80 Å². The van der Waals surface area contributed by atoms with E-state index in [-0.39, 0.29) is 4.90 Å². The number of rotatable bonds is 2. The average Bonchev–Trinajstić information content (AvgIpc) is 2.84. The van der Waals surface area contributed by atoms with Crippen molar-refractivity contribution in [2.45, 2.75) is 4.90 Å². The Bertz CT molecular complexity index is 1110. The third kappa shape index (κ3) is 3.22. The molecule has 0 aliphatic rings. The fourth-order valence-electron chi connectivity index (χ4n) is 2.26. The molecule has 0 saturated carbocycles. The molecule has 0 bridgehead atoms. The highest BCUT2D eigenvalue weighted by Gasteiger charge is 2.11. The molecule has 1 aromatic heterocycles. The number of hydrogen-bond acceptors (Lipinski definition) is 4. The summed E-state index contributed by atoms with van der Waals surface area (Å²) in [6.45, 7) is 0. The fraction of sp³-hybridized carbons (Fsp3) is 0.125. The van der Waals surface area contributed by atoms with E-state index >= 15 is 0 Å². The van der Waals surface area contributed by atoms with E-state index in [1.165, 1.54) is 35.6 Å². The molecule has 8 heteroatoms. The quantitative estimate of drug-likeness (QED) is 0.634. The smallest absolute Gasteiger partial charge is 0.279 e. The molecule has 5 nitrogen and oxygen atoms in total. The minimum Gasteiger partial charge on any atom is -0.318 e. The number of nitrogens with zero attached hydrogens (tertiary/aromatic N) is 2. The van der Waals surface area contributed by atoms with Crippen LogP contribution >= 0.6 is 27.3 Å². The van der Waals surface area contributed by atoms with E-state index in [0.717, 1.165) is 20.9 Å². The first-order valence-electron chi connectivity index (χ1n) is 6.90. The van der Waals surface area contributed by atoms with Crippen molar-refractivity contribution in [1.82, 2.24) is 4.57 Å². The van der Waals surface area contributed by atoms with Crippen LogP contribution in [0.1, 0.15) is 10.4 Å². The molecule has 0 unspecified atom stereocenters. The number of carbonyl (C=O) groups is 1. The zero-order chi connectivity index (χ0) is 17.5. The third-order valence-corrected chi connectivity index (χ3v) is 6.37. The van der Waals surface area contributed by atoms with E-state index in [0.29, 0.717) is 10.4 Å². The third-order valence-electron chi connectivity index (χ3n) is 3.50. The van der Waals surface area contributed by atoms with E-state index in [9.17, 15) is 13.2 Å². The minimum absolute atomic E-state index is 0.176. The lowest BCUT2D eigenvalue weighted by Crippen LogP contribution is -2.13. The maximum Gasteiger partial charge on any atom is 0.279 e. The van der Waals surface area contributed by atoms with Gasteiger partial charge in [-0.3, -0.25) is 4.79 Å². The van der Waals surface area contributed by atoms with Crippen LogP contribution in [0, 0.1) is 0 Å². The van der Waals surface area contributed by atoms with Crippen LogP contribution in [0.15, 0.2) is 56.8 Å². The molecule has 1 heterocycles. The van der Waals surface area contributed by atoms with Gasteiger partial charge in [-0.05, 0) is 52.3 Å². The molecule has 0 spiro atoms. The Morgan fingerprint density at radius 2 is 1.83 bits per heavy atom. The summed E-state index contributed by atoms with van der Waals surface area (Å²) in [7, 11) is -1.43. The molecule has 0 radical (unpaired) electrons. The Morgan fingerprint density at radius 1 is 1.17 bits per heavy atom. The van der Waals surface area contributed by atoms with Crippen LogP contribution in [-0.4, -0.2) is 25.1 Å². The van der Waals surface area contributed by atoms with Gasteiger partial charge >= 0.3 is 0 Å². The standard InChI is InChI=1S/C16H13BrN2O3S2/c1-19-14-12(17)4-3-5-13(14)23-16(19)18-15(20)10-6-8-11(9-7-10)24(2,21)22/h3-9H,1-2H3. The first kappa shape index (κ1) is 17.1. The summed E-state index contributed by atoms with van der Waals surface area (Å²) in [6.07, 6.45) is 1.13. The summed E-state index contributed by atoms with van der Waals surface area (Å²) in [5, 5.41) is 0. The molecule has 0 atom stereocenters. The molecule has 1 amide bonds. The summed E-state index contributed by atoms with van der Waals surface area (Å²) in [5.41, 5.74) is 1.32. The van der Waals surface area contributed by atoms with Crippen molar-refractivity contribution < 1.29 is 13.2 Å². The zero-order valence-corrected chi connectivity index (χ0v) is 16.1. The summed E-state index contributed by atoms with van der Waals surface area (Å²) < 4.78 is 26.7. The molecule has 0 aliphatic heterocycles. The molecule has 2 aromatic carbocycles. The van der Waals surface area contributed by atoms with Gasteiger partial charge in [0.2, 0.25) is 0 Å². The molecule has 0 N–H and O–H groups in total. The maximum atomic E-state index is 12.4. The van der Waals surface area contributed by atoms with Gasteiger partial charge in [0.1, 0.15) is 0 Å². The van der Waals surface area contributed by atoms with E-state index < -0.39 is 15.7 Å². The van der Waals surface area contributed by atoms with Gasteiger partial charge in [-0.2, -0.15) is 4.99 Å². The van der Waals surface area contributed by atoms with E-state index in [1.807, 2.05) is 29.8 Å². The second-order valence-corrected chi connectivity index (χ2v) is 9.12. The number of fused-ring (bicyclic) bond motifs is 1. The molecule has 3 rings (SSSR count). The van der Waals surface area contributed by atoms with Crippen LogP contribution in [0.2, 0.25) is 0 Å². The van der Waals surface area contributed by atoms with Crippen molar-refractivity contribution in [3.05, 3.63) is 57.3 Å². The highest BCUT2D eigenvalue weighted by molar-refractivity contribution is 9.10. The van der Waals surface area contributed by atoms with Crippen molar-refractivity contribution >= 4 is 53.2 Å². The summed E-state index contributed by atoms with van der Waals surface area (Å²) >= 11 is 4.92. The Balaban J connectivity index is 2.04. The lowest BCUT2D eigenvalue weighted by Gasteiger charge is -2.00. The van der Waals surface area contributed by atoms with Crippen molar-refractivity contribution in [2.24, 2.45) is 12.0 Å². The van der Waals surface area contributed by atoms with Crippen molar-refractivity contribution in [3.8, 4) is 0 Å². The summed E-state index contributed by atoms with van der Waals surface area (Å²) in [4.78, 5) is 17.3. The monoisotopic (exact) mass is 424 g/mol. The van der Waals surface area contributed by atoms with Crippen LogP contribution in [-0.2, 0) is 16.9 Å². The molecule has 24 heavy (non-hydrogen) atoms. The highest BCUT2D eigenvalue weighted by Crippen LogP contribution is 2.24. The normalized spacial score (nSPS) is 12.7. The van der Waals surface area contributed by atoms with Gasteiger partial charge in [0.15, 0.2) is 14.6 Å². The Morgan fingerprint density at radius 3 is 2.42 bits per heavy atom. The Labute approximate surface area is 151 Å². The van der Waals surface area contributed by atoms with Crippen molar-refractivity contribution in [1.29, 1.82) is 0 Å². The first-order valence-corrected chi connectivity index (χ1v) is 10.4. The number of thiazole rings is 1. The molecule has 0 aliphatic carbocycles. The van der Waals surface area contributed by atoms with Crippen molar-refractivity contribution in [3.63, 3.8) is 0 Å². The largest absolute Gasteiger partial charge is 0.318 e. The van der Waals surface area contributed by atoms with E-state index in [2.05, 4.69) is 20.9 Å². The summed E-state index contributed by atoms with van der Waals surface area (Å²) in [6, 6.07) is 11.6. The number of sulfone groups is 1. The molecule has 0 fully saturated rings. The van der Waals surface area contributed by atoms with Crippen molar-refractivity contribution in [2.75, 3.05) is 6.26 Å². The van der Waals surface area contributed by atoms with Gasteiger partial charge in [-0.1, -0.05) is 17.4 Å². The topological polar surface area (TPSA) is 68.5 Å². The van der Waals surface area contributed by atoms with Gasteiger partial charge < -0.3 is 4.57 Å². The first-order chi connectivity index (χ1) is 11.3. The molecule has 0 saturated heterocycles. The number of aryl methyl sites for hydroxylation is 1. The molecule has 124 valence electrons. The van der Waals surface area contributed by atoms with Crippen LogP contribution in [0.25, 0.3) is 10.2 Å². The highest BCUT2D eigenvalue weighted by atomic mass is 79.9. The van der Waals surface area contributed by atoms with Gasteiger partial charge in [0, 0.05) is 23.3 Å². The number of para-hydroxylation sites is 1. The second-order valence-electron chi connectivity index (χ2n) is 5.24. The Kier molecular flexibility index (Phi) is 4.46. The number of benzene rings is 2. The lowest BCUT2D eigenvalue weighted by atomic mass is 10.2. The van der Waals surface area contributed by atoms with E-state index in [1.54, 1.807) is 0 Å². The average molecular weight is 425 g/mol. The second kappa shape index (κ2) is 6.27. The zero-order valence-electron chi connectivity index (χ0n) is 12.9. The molecular formula is C16H13BrN2O3S2. The molecule has 3 aromatic rings.